The number of carbonyl (C=O) groups is 1. The fraction of sp³-hybridized carbons (Fsp3) is 0.235. The Hall–Kier alpha value is -1.80. The molecule has 0 fully saturated rings. The Morgan fingerprint density at radius 3 is 2.55 bits per heavy atom. The molecule has 0 aliphatic rings. The van der Waals surface area contributed by atoms with Gasteiger partial charge in [0.15, 0.2) is 0 Å². The Bertz CT molecular complexity index is 635. The van der Waals surface area contributed by atoms with Gasteiger partial charge in [-0.15, -0.1) is 0 Å². The summed E-state index contributed by atoms with van der Waals surface area (Å²) in [5, 5.41) is 10.1. The lowest BCUT2D eigenvalue weighted by Crippen LogP contribution is -2.14. The molecule has 1 atom stereocenters. The number of carboxylic acids is 1. The highest BCUT2D eigenvalue weighted by Crippen LogP contribution is 2.26. The number of rotatable bonds is 4. The SMILES string of the molecule is Cc1cccc(CC(C(=O)O)c2ccc(C)c(Cl)c2)c1. The van der Waals surface area contributed by atoms with Crippen molar-refractivity contribution >= 4 is 17.6 Å². The maximum atomic E-state index is 11.5. The maximum absolute atomic E-state index is 11.5. The highest BCUT2D eigenvalue weighted by molar-refractivity contribution is 6.31. The molecule has 104 valence electrons. The van der Waals surface area contributed by atoms with Crippen molar-refractivity contribution in [1.29, 1.82) is 0 Å². The lowest BCUT2D eigenvalue weighted by molar-refractivity contribution is -0.138. The second kappa shape index (κ2) is 6.10. The zero-order valence-corrected chi connectivity index (χ0v) is 12.3. The zero-order valence-electron chi connectivity index (χ0n) is 11.6. The first-order chi connectivity index (χ1) is 9.47. The highest BCUT2D eigenvalue weighted by atomic mass is 35.5. The Kier molecular flexibility index (Phi) is 4.46. The van der Waals surface area contributed by atoms with E-state index in [9.17, 15) is 9.90 Å². The molecule has 2 rings (SSSR count). The summed E-state index contributed by atoms with van der Waals surface area (Å²) in [6.07, 6.45) is 0.469. The first-order valence-corrected chi connectivity index (χ1v) is 6.89. The number of hydrogen-bond donors (Lipinski definition) is 1. The molecule has 0 heterocycles. The van der Waals surface area contributed by atoms with Gasteiger partial charge in [-0.3, -0.25) is 4.79 Å². The summed E-state index contributed by atoms with van der Waals surface area (Å²) in [6.45, 7) is 3.91. The molecule has 2 aromatic carbocycles. The highest BCUT2D eigenvalue weighted by Gasteiger charge is 2.21. The molecule has 0 aromatic heterocycles. The van der Waals surface area contributed by atoms with Crippen LogP contribution < -0.4 is 0 Å². The van der Waals surface area contributed by atoms with Crippen molar-refractivity contribution < 1.29 is 9.90 Å². The molecule has 0 saturated heterocycles. The van der Waals surface area contributed by atoms with Crippen LogP contribution >= 0.6 is 11.6 Å². The predicted octanol–water partition coefficient (Wildman–Crippen LogP) is 4.37. The summed E-state index contributed by atoms with van der Waals surface area (Å²) in [4.78, 5) is 11.5. The van der Waals surface area contributed by atoms with Crippen LogP contribution in [0.15, 0.2) is 42.5 Å². The van der Waals surface area contributed by atoms with Gasteiger partial charge >= 0.3 is 5.97 Å². The fourth-order valence-corrected chi connectivity index (χ4v) is 2.44. The van der Waals surface area contributed by atoms with Crippen molar-refractivity contribution in [3.05, 3.63) is 69.7 Å². The van der Waals surface area contributed by atoms with E-state index < -0.39 is 11.9 Å². The van der Waals surface area contributed by atoms with Gasteiger partial charge in [0, 0.05) is 5.02 Å². The van der Waals surface area contributed by atoms with Crippen LogP contribution in [0.4, 0.5) is 0 Å². The van der Waals surface area contributed by atoms with E-state index in [1.54, 1.807) is 6.07 Å². The molecular formula is C17H17ClO2. The molecule has 0 aliphatic carbocycles. The number of aryl methyl sites for hydroxylation is 2. The van der Waals surface area contributed by atoms with Crippen molar-refractivity contribution in [2.75, 3.05) is 0 Å². The van der Waals surface area contributed by atoms with Crippen LogP contribution in [0.5, 0.6) is 0 Å². The van der Waals surface area contributed by atoms with Crippen molar-refractivity contribution in [3.63, 3.8) is 0 Å². The van der Waals surface area contributed by atoms with E-state index in [0.717, 1.165) is 22.3 Å². The average molecular weight is 289 g/mol. The lowest BCUT2D eigenvalue weighted by atomic mass is 9.91. The van der Waals surface area contributed by atoms with Crippen molar-refractivity contribution in [1.82, 2.24) is 0 Å². The molecule has 0 saturated carbocycles. The minimum absolute atomic E-state index is 0.469. The van der Waals surface area contributed by atoms with Crippen LogP contribution in [-0.4, -0.2) is 11.1 Å². The van der Waals surface area contributed by atoms with E-state index in [1.807, 2.05) is 50.2 Å². The summed E-state index contributed by atoms with van der Waals surface area (Å²) < 4.78 is 0. The molecule has 2 aromatic rings. The summed E-state index contributed by atoms with van der Waals surface area (Å²) in [5.74, 6) is -1.40. The topological polar surface area (TPSA) is 37.3 Å². The molecule has 0 spiro atoms. The molecule has 2 nitrogen and oxygen atoms in total. The van der Waals surface area contributed by atoms with Crippen molar-refractivity contribution in [2.45, 2.75) is 26.2 Å². The second-order valence-corrected chi connectivity index (χ2v) is 5.50. The summed E-state index contributed by atoms with van der Waals surface area (Å²) in [7, 11) is 0. The third-order valence-electron chi connectivity index (χ3n) is 3.42. The standard InChI is InChI=1S/C17H17ClO2/c1-11-4-3-5-13(8-11)9-15(17(19)20)14-7-6-12(2)16(18)10-14/h3-8,10,15H,9H2,1-2H3,(H,19,20). The average Bonchev–Trinajstić information content (AvgIpc) is 2.39. The molecule has 0 amide bonds. The van der Waals surface area contributed by atoms with E-state index >= 15 is 0 Å². The van der Waals surface area contributed by atoms with Gasteiger partial charge in [-0.25, -0.2) is 0 Å². The number of halogens is 1. The summed E-state index contributed by atoms with van der Waals surface area (Å²) in [5.41, 5.74) is 3.85. The number of aliphatic carboxylic acids is 1. The van der Waals surface area contributed by atoms with Crippen LogP contribution in [0.1, 0.15) is 28.2 Å². The van der Waals surface area contributed by atoms with Crippen LogP contribution in [0.25, 0.3) is 0 Å². The Morgan fingerprint density at radius 2 is 1.95 bits per heavy atom. The largest absolute Gasteiger partial charge is 0.481 e. The van der Waals surface area contributed by atoms with Gasteiger partial charge in [0.05, 0.1) is 5.92 Å². The lowest BCUT2D eigenvalue weighted by Gasteiger charge is -2.14. The zero-order chi connectivity index (χ0) is 14.7. The van der Waals surface area contributed by atoms with E-state index in [-0.39, 0.29) is 0 Å². The van der Waals surface area contributed by atoms with E-state index in [1.165, 1.54) is 0 Å². The molecular weight excluding hydrogens is 272 g/mol. The fourth-order valence-electron chi connectivity index (χ4n) is 2.25. The van der Waals surface area contributed by atoms with Crippen LogP contribution in [0, 0.1) is 13.8 Å². The van der Waals surface area contributed by atoms with Crippen LogP contribution in [-0.2, 0) is 11.2 Å². The third-order valence-corrected chi connectivity index (χ3v) is 3.83. The Labute approximate surface area is 124 Å². The minimum atomic E-state index is -0.827. The predicted molar refractivity (Wildman–Crippen MR) is 81.4 cm³/mol. The molecule has 3 heteroatoms. The van der Waals surface area contributed by atoms with E-state index in [2.05, 4.69) is 0 Å². The second-order valence-electron chi connectivity index (χ2n) is 5.09. The molecule has 0 aliphatic heterocycles. The molecule has 0 bridgehead atoms. The minimum Gasteiger partial charge on any atom is -0.481 e. The quantitative estimate of drug-likeness (QED) is 0.907. The number of benzene rings is 2. The first kappa shape index (κ1) is 14.6. The van der Waals surface area contributed by atoms with Crippen LogP contribution in [0.2, 0.25) is 5.02 Å². The third kappa shape index (κ3) is 3.40. The van der Waals surface area contributed by atoms with Gasteiger partial charge in [-0.2, -0.15) is 0 Å². The van der Waals surface area contributed by atoms with Gasteiger partial charge in [-0.1, -0.05) is 53.6 Å². The van der Waals surface area contributed by atoms with Crippen LogP contribution in [0.3, 0.4) is 0 Å². The monoisotopic (exact) mass is 288 g/mol. The normalized spacial score (nSPS) is 12.2. The van der Waals surface area contributed by atoms with E-state index in [0.29, 0.717) is 11.4 Å². The first-order valence-electron chi connectivity index (χ1n) is 6.52. The van der Waals surface area contributed by atoms with Crippen molar-refractivity contribution in [3.8, 4) is 0 Å². The van der Waals surface area contributed by atoms with Gasteiger partial charge in [0.25, 0.3) is 0 Å². The van der Waals surface area contributed by atoms with Gasteiger partial charge < -0.3 is 5.11 Å². The number of carboxylic acid groups (broad SMARTS) is 1. The van der Waals surface area contributed by atoms with Gasteiger partial charge in [-0.05, 0) is 43.0 Å². The molecule has 20 heavy (non-hydrogen) atoms. The van der Waals surface area contributed by atoms with Crippen molar-refractivity contribution in [2.24, 2.45) is 0 Å². The van der Waals surface area contributed by atoms with E-state index in [4.69, 9.17) is 11.6 Å². The van der Waals surface area contributed by atoms with Gasteiger partial charge in [0.1, 0.15) is 0 Å². The Morgan fingerprint density at radius 1 is 1.20 bits per heavy atom. The molecule has 1 unspecified atom stereocenters. The summed E-state index contributed by atoms with van der Waals surface area (Å²) >= 11 is 6.10. The van der Waals surface area contributed by atoms with Gasteiger partial charge in [0.2, 0.25) is 0 Å². The molecule has 0 radical (unpaired) electrons. The molecule has 1 N–H and O–H groups in total. The smallest absolute Gasteiger partial charge is 0.311 e. The maximum Gasteiger partial charge on any atom is 0.311 e. The summed E-state index contributed by atoms with van der Waals surface area (Å²) in [6, 6.07) is 13.4. The number of hydrogen-bond acceptors (Lipinski definition) is 1. The Balaban J connectivity index is 2.32.